The number of aryl methyl sites for hydroxylation is 1. The zero-order chi connectivity index (χ0) is 15.8. The Kier molecular flexibility index (Phi) is 3.60. The van der Waals surface area contributed by atoms with Gasteiger partial charge in [-0.1, -0.05) is 37.6 Å². The standard InChI is InChI=1S/C21H23NO/c1-3-5-15-10-11-20(23-2)21-18(15)13-19(22-21)17-7-4-6-16(12-17)14-8-9-14/h4,6-7,10-14,22H,3,5,8-9H2,1-2H3. The van der Waals surface area contributed by atoms with Crippen LogP contribution in [0.5, 0.6) is 5.75 Å². The van der Waals surface area contributed by atoms with Crippen molar-refractivity contribution >= 4 is 10.9 Å². The van der Waals surface area contributed by atoms with E-state index in [-0.39, 0.29) is 0 Å². The fourth-order valence-electron chi connectivity index (χ4n) is 3.44. The number of H-pyrrole nitrogens is 1. The van der Waals surface area contributed by atoms with Crippen molar-refractivity contribution in [3.63, 3.8) is 0 Å². The maximum absolute atomic E-state index is 5.55. The molecule has 23 heavy (non-hydrogen) atoms. The van der Waals surface area contributed by atoms with Gasteiger partial charge in [-0.3, -0.25) is 0 Å². The molecule has 4 rings (SSSR count). The molecule has 0 amide bonds. The first kappa shape index (κ1) is 14.4. The zero-order valence-corrected chi connectivity index (χ0v) is 13.9. The van der Waals surface area contributed by atoms with Crippen LogP contribution in [0, 0.1) is 0 Å². The first-order chi connectivity index (χ1) is 11.3. The highest BCUT2D eigenvalue weighted by atomic mass is 16.5. The lowest BCUT2D eigenvalue weighted by Gasteiger charge is -2.05. The lowest BCUT2D eigenvalue weighted by Crippen LogP contribution is -1.88. The molecule has 0 bridgehead atoms. The molecule has 1 N–H and O–H groups in total. The van der Waals surface area contributed by atoms with Gasteiger partial charge in [-0.25, -0.2) is 0 Å². The quantitative estimate of drug-likeness (QED) is 0.645. The molecule has 0 spiro atoms. The van der Waals surface area contributed by atoms with Crippen molar-refractivity contribution in [3.05, 3.63) is 53.6 Å². The summed E-state index contributed by atoms with van der Waals surface area (Å²) in [5.74, 6) is 1.70. The molecule has 2 nitrogen and oxygen atoms in total. The second kappa shape index (κ2) is 5.77. The smallest absolute Gasteiger partial charge is 0.142 e. The first-order valence-corrected chi connectivity index (χ1v) is 8.59. The second-order valence-electron chi connectivity index (χ2n) is 6.55. The van der Waals surface area contributed by atoms with Crippen molar-refractivity contribution < 1.29 is 4.74 Å². The van der Waals surface area contributed by atoms with Gasteiger partial charge in [-0.05, 0) is 60.1 Å². The molecule has 1 aliphatic rings. The average molecular weight is 305 g/mol. The van der Waals surface area contributed by atoms with Crippen molar-refractivity contribution in [2.24, 2.45) is 0 Å². The molecule has 1 fully saturated rings. The Labute approximate surface area is 137 Å². The van der Waals surface area contributed by atoms with Gasteiger partial charge in [0.15, 0.2) is 0 Å². The summed E-state index contributed by atoms with van der Waals surface area (Å²) in [5.41, 5.74) is 6.44. The average Bonchev–Trinajstić information content (AvgIpc) is 3.34. The summed E-state index contributed by atoms with van der Waals surface area (Å²) in [7, 11) is 1.74. The molecular weight excluding hydrogens is 282 g/mol. The molecule has 1 aliphatic carbocycles. The molecule has 1 heterocycles. The first-order valence-electron chi connectivity index (χ1n) is 8.59. The molecule has 3 aromatic rings. The molecule has 0 atom stereocenters. The van der Waals surface area contributed by atoms with Crippen molar-refractivity contribution in [3.8, 4) is 17.0 Å². The number of ether oxygens (including phenoxy) is 1. The van der Waals surface area contributed by atoms with E-state index in [4.69, 9.17) is 4.74 Å². The number of benzene rings is 2. The van der Waals surface area contributed by atoms with E-state index in [0.717, 1.165) is 30.0 Å². The number of aromatic nitrogens is 1. The zero-order valence-electron chi connectivity index (χ0n) is 13.9. The van der Waals surface area contributed by atoms with Crippen LogP contribution in [0.3, 0.4) is 0 Å². The number of aromatic amines is 1. The van der Waals surface area contributed by atoms with Crippen molar-refractivity contribution in [1.29, 1.82) is 0 Å². The highest BCUT2D eigenvalue weighted by molar-refractivity contribution is 5.93. The Morgan fingerprint density at radius 3 is 2.74 bits per heavy atom. The van der Waals surface area contributed by atoms with Crippen LogP contribution in [0.1, 0.15) is 43.2 Å². The third kappa shape index (κ3) is 2.63. The number of hydrogen-bond donors (Lipinski definition) is 1. The Morgan fingerprint density at radius 2 is 2.00 bits per heavy atom. The van der Waals surface area contributed by atoms with E-state index in [1.54, 1.807) is 7.11 Å². The molecule has 0 saturated heterocycles. The Hall–Kier alpha value is -2.22. The third-order valence-electron chi connectivity index (χ3n) is 4.83. The lowest BCUT2D eigenvalue weighted by atomic mass is 10.0. The summed E-state index contributed by atoms with van der Waals surface area (Å²) in [6.07, 6.45) is 4.92. The maximum atomic E-state index is 5.55. The molecule has 0 radical (unpaired) electrons. The number of fused-ring (bicyclic) bond motifs is 1. The molecular formula is C21H23NO. The largest absolute Gasteiger partial charge is 0.495 e. The van der Waals surface area contributed by atoms with Crippen LogP contribution in [0.2, 0.25) is 0 Å². The Morgan fingerprint density at radius 1 is 1.13 bits per heavy atom. The van der Waals surface area contributed by atoms with Gasteiger partial charge in [-0.15, -0.1) is 0 Å². The van der Waals surface area contributed by atoms with Gasteiger partial charge in [0.2, 0.25) is 0 Å². The number of nitrogens with one attached hydrogen (secondary N) is 1. The lowest BCUT2D eigenvalue weighted by molar-refractivity contribution is 0.419. The van der Waals surface area contributed by atoms with Gasteiger partial charge in [0.05, 0.1) is 12.6 Å². The topological polar surface area (TPSA) is 25.0 Å². The predicted molar refractivity (Wildman–Crippen MR) is 96.3 cm³/mol. The normalized spacial score (nSPS) is 14.3. The highest BCUT2D eigenvalue weighted by Gasteiger charge is 2.23. The molecule has 0 unspecified atom stereocenters. The van der Waals surface area contributed by atoms with Crippen LogP contribution in [0.4, 0.5) is 0 Å². The van der Waals surface area contributed by atoms with Crippen LogP contribution in [-0.2, 0) is 6.42 Å². The van der Waals surface area contributed by atoms with E-state index < -0.39 is 0 Å². The fourth-order valence-corrected chi connectivity index (χ4v) is 3.44. The van der Waals surface area contributed by atoms with Crippen LogP contribution >= 0.6 is 0 Å². The van der Waals surface area contributed by atoms with Gasteiger partial charge in [0.1, 0.15) is 5.75 Å². The number of hydrogen-bond acceptors (Lipinski definition) is 1. The van der Waals surface area contributed by atoms with Crippen LogP contribution in [0.25, 0.3) is 22.2 Å². The Bertz CT molecular complexity index is 842. The monoisotopic (exact) mass is 305 g/mol. The van der Waals surface area contributed by atoms with E-state index in [1.165, 1.54) is 40.6 Å². The molecule has 2 aromatic carbocycles. The van der Waals surface area contributed by atoms with E-state index >= 15 is 0 Å². The van der Waals surface area contributed by atoms with Gasteiger partial charge < -0.3 is 9.72 Å². The maximum Gasteiger partial charge on any atom is 0.142 e. The van der Waals surface area contributed by atoms with Crippen molar-refractivity contribution in [2.45, 2.75) is 38.5 Å². The molecule has 0 aliphatic heterocycles. The van der Waals surface area contributed by atoms with Gasteiger partial charge in [0, 0.05) is 11.1 Å². The summed E-state index contributed by atoms with van der Waals surface area (Å²) in [6, 6.07) is 15.5. The predicted octanol–water partition coefficient (Wildman–Crippen LogP) is 5.67. The second-order valence-corrected chi connectivity index (χ2v) is 6.55. The van der Waals surface area contributed by atoms with Crippen LogP contribution in [0.15, 0.2) is 42.5 Å². The minimum absolute atomic E-state index is 0.782. The molecule has 118 valence electrons. The van der Waals surface area contributed by atoms with E-state index in [9.17, 15) is 0 Å². The van der Waals surface area contributed by atoms with Gasteiger partial charge >= 0.3 is 0 Å². The summed E-state index contributed by atoms with van der Waals surface area (Å²) in [5, 5.41) is 1.29. The SMILES string of the molecule is CCCc1ccc(OC)c2[nH]c(-c3cccc(C4CC4)c3)cc12. The van der Waals surface area contributed by atoms with Crippen molar-refractivity contribution in [2.75, 3.05) is 7.11 Å². The minimum Gasteiger partial charge on any atom is -0.495 e. The van der Waals surface area contributed by atoms with Crippen LogP contribution in [-0.4, -0.2) is 12.1 Å². The Balaban J connectivity index is 1.84. The van der Waals surface area contributed by atoms with E-state index in [0.29, 0.717) is 0 Å². The number of methoxy groups -OCH3 is 1. The van der Waals surface area contributed by atoms with E-state index in [1.807, 2.05) is 0 Å². The summed E-state index contributed by atoms with van der Waals surface area (Å²) in [4.78, 5) is 3.59. The summed E-state index contributed by atoms with van der Waals surface area (Å²) >= 11 is 0. The fraction of sp³-hybridized carbons (Fsp3) is 0.333. The third-order valence-corrected chi connectivity index (χ3v) is 4.83. The minimum atomic E-state index is 0.782. The van der Waals surface area contributed by atoms with Gasteiger partial charge in [-0.2, -0.15) is 0 Å². The van der Waals surface area contributed by atoms with E-state index in [2.05, 4.69) is 54.4 Å². The molecule has 2 heteroatoms. The van der Waals surface area contributed by atoms with Crippen LogP contribution < -0.4 is 4.74 Å². The molecule has 1 aromatic heterocycles. The summed E-state index contributed by atoms with van der Waals surface area (Å²) < 4.78 is 5.55. The van der Waals surface area contributed by atoms with Gasteiger partial charge in [0.25, 0.3) is 0 Å². The highest BCUT2D eigenvalue weighted by Crippen LogP contribution is 2.41. The summed E-state index contributed by atoms with van der Waals surface area (Å²) in [6.45, 7) is 2.22. The van der Waals surface area contributed by atoms with Crippen molar-refractivity contribution in [1.82, 2.24) is 4.98 Å². The molecule has 1 saturated carbocycles. The number of rotatable bonds is 5.